The summed E-state index contributed by atoms with van der Waals surface area (Å²) in [5.41, 5.74) is 0.396. The Morgan fingerprint density at radius 3 is 2.94 bits per heavy atom. The number of halogens is 2. The van der Waals surface area contributed by atoms with Gasteiger partial charge >= 0.3 is 0 Å². The van der Waals surface area contributed by atoms with E-state index in [4.69, 9.17) is 0 Å². The zero-order chi connectivity index (χ0) is 11.3. The minimum Gasteiger partial charge on any atom is -0.325 e. The maximum atomic E-state index is 12.6. The average Bonchev–Trinajstić information content (AvgIpc) is 2.73. The number of hydrogen-bond acceptors (Lipinski definition) is 3. The van der Waals surface area contributed by atoms with E-state index in [1.54, 1.807) is 16.0 Å². The van der Waals surface area contributed by atoms with Crippen molar-refractivity contribution < 1.29 is 13.6 Å². The van der Waals surface area contributed by atoms with Gasteiger partial charge in [0.2, 0.25) is 0 Å². The normalized spacial score (nSPS) is 18.8. The number of aromatic nitrogens is 2. The van der Waals surface area contributed by atoms with Gasteiger partial charge in [-0.1, -0.05) is 0 Å². The second-order valence-corrected chi connectivity index (χ2v) is 4.63. The van der Waals surface area contributed by atoms with E-state index in [-0.39, 0.29) is 5.91 Å². The number of fused-ring (bicyclic) bond motifs is 1. The highest BCUT2D eigenvalue weighted by atomic mass is 32.1. The van der Waals surface area contributed by atoms with Crippen molar-refractivity contribution in [1.82, 2.24) is 14.3 Å². The van der Waals surface area contributed by atoms with Gasteiger partial charge in [0.1, 0.15) is 16.9 Å². The van der Waals surface area contributed by atoms with Crippen molar-refractivity contribution >= 4 is 22.1 Å². The monoisotopic (exact) mass is 243 g/mol. The molecule has 0 unspecified atom stereocenters. The zero-order valence-corrected chi connectivity index (χ0v) is 8.88. The summed E-state index contributed by atoms with van der Waals surface area (Å²) in [5, 5.41) is 1.66. The molecule has 0 N–H and O–H groups in total. The molecule has 0 atom stereocenters. The van der Waals surface area contributed by atoms with E-state index in [9.17, 15) is 13.6 Å². The molecule has 4 nitrogen and oxygen atoms in total. The number of thiazole rings is 1. The van der Waals surface area contributed by atoms with Crippen molar-refractivity contribution in [2.24, 2.45) is 0 Å². The molecule has 7 heteroatoms. The van der Waals surface area contributed by atoms with Gasteiger partial charge in [0.15, 0.2) is 0 Å². The van der Waals surface area contributed by atoms with E-state index in [1.807, 2.05) is 0 Å². The fourth-order valence-electron chi connectivity index (χ4n) is 1.70. The molecule has 1 aliphatic heterocycles. The molecule has 0 bridgehead atoms. The molecule has 84 valence electrons. The highest BCUT2D eigenvalue weighted by molar-refractivity contribution is 7.15. The largest absolute Gasteiger partial charge is 0.325 e. The van der Waals surface area contributed by atoms with Crippen molar-refractivity contribution in [3.63, 3.8) is 0 Å². The molecule has 0 saturated carbocycles. The Bertz CT molecular complexity index is 554. The lowest BCUT2D eigenvalue weighted by Crippen LogP contribution is -2.58. The third kappa shape index (κ3) is 1.31. The lowest BCUT2D eigenvalue weighted by molar-refractivity contribution is -0.113. The number of alkyl halides is 2. The first-order chi connectivity index (χ1) is 7.57. The van der Waals surface area contributed by atoms with Gasteiger partial charge in [0, 0.05) is 5.38 Å². The van der Waals surface area contributed by atoms with Crippen molar-refractivity contribution in [2.45, 2.75) is 5.92 Å². The molecule has 0 aromatic carbocycles. The van der Waals surface area contributed by atoms with Crippen LogP contribution in [0.25, 0.3) is 4.83 Å². The van der Waals surface area contributed by atoms with Crippen LogP contribution in [0.1, 0.15) is 10.5 Å². The number of imidazole rings is 1. The minimum absolute atomic E-state index is 0.366. The van der Waals surface area contributed by atoms with E-state index >= 15 is 0 Å². The van der Waals surface area contributed by atoms with Crippen molar-refractivity contribution in [2.75, 3.05) is 13.1 Å². The van der Waals surface area contributed by atoms with Crippen LogP contribution in [0, 0.1) is 0 Å². The second-order valence-electron chi connectivity index (χ2n) is 3.74. The van der Waals surface area contributed by atoms with Crippen molar-refractivity contribution in [3.8, 4) is 0 Å². The summed E-state index contributed by atoms with van der Waals surface area (Å²) in [7, 11) is 0. The molecule has 2 aromatic heterocycles. The quantitative estimate of drug-likeness (QED) is 0.761. The van der Waals surface area contributed by atoms with Crippen LogP contribution in [-0.2, 0) is 0 Å². The van der Waals surface area contributed by atoms with Crippen molar-refractivity contribution in [1.29, 1.82) is 0 Å². The Hall–Kier alpha value is -1.50. The van der Waals surface area contributed by atoms with Crippen LogP contribution in [0.15, 0.2) is 17.9 Å². The van der Waals surface area contributed by atoms with Gasteiger partial charge < -0.3 is 4.90 Å². The van der Waals surface area contributed by atoms with Crippen molar-refractivity contribution in [3.05, 3.63) is 23.6 Å². The summed E-state index contributed by atoms with van der Waals surface area (Å²) in [6.45, 7) is -0.976. The lowest BCUT2D eigenvalue weighted by atomic mass is 10.1. The standard InChI is InChI=1S/C9H7F2N3OS/c10-9(11)3-13(4-9)8(15)6-2-16-7-1-12-5-14(6)7/h1-2,5H,3-4H2. The summed E-state index contributed by atoms with van der Waals surface area (Å²) in [4.78, 5) is 17.7. The predicted molar refractivity (Wildman–Crippen MR) is 53.9 cm³/mol. The maximum absolute atomic E-state index is 12.6. The molecule has 3 heterocycles. The molecular weight excluding hydrogens is 236 g/mol. The van der Waals surface area contributed by atoms with Gasteiger partial charge in [-0.3, -0.25) is 9.20 Å². The Morgan fingerprint density at radius 2 is 2.25 bits per heavy atom. The summed E-state index contributed by atoms with van der Waals surface area (Å²) >= 11 is 1.37. The fraction of sp³-hybridized carbons (Fsp3) is 0.333. The van der Waals surface area contributed by atoms with Gasteiger partial charge in [0.25, 0.3) is 11.8 Å². The number of carbonyl (C=O) groups is 1. The van der Waals surface area contributed by atoms with E-state index in [0.29, 0.717) is 5.69 Å². The molecular formula is C9H7F2N3OS. The molecule has 16 heavy (non-hydrogen) atoms. The molecule has 1 aliphatic rings. The number of carbonyl (C=O) groups excluding carboxylic acids is 1. The minimum atomic E-state index is -2.72. The Labute approximate surface area is 93.1 Å². The number of hydrogen-bond donors (Lipinski definition) is 0. The third-order valence-electron chi connectivity index (χ3n) is 2.51. The average molecular weight is 243 g/mol. The molecule has 1 amide bonds. The highest BCUT2D eigenvalue weighted by Crippen LogP contribution is 2.28. The molecule has 3 rings (SSSR count). The van der Waals surface area contributed by atoms with Gasteiger partial charge in [0.05, 0.1) is 19.3 Å². The molecule has 0 aliphatic carbocycles. The third-order valence-corrected chi connectivity index (χ3v) is 3.39. The van der Waals surface area contributed by atoms with Gasteiger partial charge in [-0.05, 0) is 0 Å². The van der Waals surface area contributed by atoms with Crippen LogP contribution < -0.4 is 0 Å². The van der Waals surface area contributed by atoms with Crippen LogP contribution in [-0.4, -0.2) is 39.2 Å². The Kier molecular flexibility index (Phi) is 1.82. The first-order valence-corrected chi connectivity index (χ1v) is 5.51. The predicted octanol–water partition coefficient (Wildman–Crippen LogP) is 1.49. The first kappa shape index (κ1) is 9.71. The molecule has 1 saturated heterocycles. The maximum Gasteiger partial charge on any atom is 0.282 e. The topological polar surface area (TPSA) is 37.6 Å². The number of likely N-dealkylation sites (tertiary alicyclic amines) is 1. The summed E-state index contributed by atoms with van der Waals surface area (Å²) in [6, 6.07) is 0. The second kappa shape index (κ2) is 3.00. The number of amides is 1. The Balaban J connectivity index is 1.89. The molecule has 2 aromatic rings. The van der Waals surface area contributed by atoms with E-state index in [2.05, 4.69) is 4.98 Å². The van der Waals surface area contributed by atoms with E-state index in [1.165, 1.54) is 17.7 Å². The zero-order valence-electron chi connectivity index (χ0n) is 8.06. The van der Waals surface area contributed by atoms with Gasteiger partial charge in [-0.15, -0.1) is 11.3 Å². The number of rotatable bonds is 1. The van der Waals surface area contributed by atoms with Crippen LogP contribution in [0.4, 0.5) is 8.78 Å². The van der Waals surface area contributed by atoms with E-state index < -0.39 is 19.0 Å². The van der Waals surface area contributed by atoms with Crippen LogP contribution >= 0.6 is 11.3 Å². The lowest BCUT2D eigenvalue weighted by Gasteiger charge is -2.38. The molecule has 1 fully saturated rings. The van der Waals surface area contributed by atoms with Crippen LogP contribution in [0.2, 0.25) is 0 Å². The highest BCUT2D eigenvalue weighted by Gasteiger charge is 2.46. The van der Waals surface area contributed by atoms with Crippen LogP contribution in [0.5, 0.6) is 0 Å². The smallest absolute Gasteiger partial charge is 0.282 e. The SMILES string of the molecule is O=C(c1csc2cncn12)N1CC(F)(F)C1. The summed E-state index contributed by atoms with van der Waals surface area (Å²) in [6.07, 6.45) is 3.14. The number of nitrogens with zero attached hydrogens (tertiary/aromatic N) is 3. The summed E-state index contributed by atoms with van der Waals surface area (Å²) < 4.78 is 26.9. The van der Waals surface area contributed by atoms with E-state index in [0.717, 1.165) is 9.73 Å². The fourth-order valence-corrected chi connectivity index (χ4v) is 2.52. The van der Waals surface area contributed by atoms with Gasteiger partial charge in [-0.25, -0.2) is 13.8 Å². The Morgan fingerprint density at radius 1 is 1.50 bits per heavy atom. The molecule has 0 spiro atoms. The van der Waals surface area contributed by atoms with Gasteiger partial charge in [-0.2, -0.15) is 0 Å². The van der Waals surface area contributed by atoms with Crippen LogP contribution in [0.3, 0.4) is 0 Å². The molecule has 0 radical (unpaired) electrons. The first-order valence-electron chi connectivity index (χ1n) is 4.63. The summed E-state index contributed by atoms with van der Waals surface area (Å²) in [5.74, 6) is -3.09.